The van der Waals surface area contributed by atoms with Crippen molar-refractivity contribution in [1.29, 1.82) is 0 Å². The molecule has 0 spiro atoms. The number of amides is 1. The molecule has 0 aliphatic carbocycles. The Kier molecular flexibility index (Phi) is 7.98. The van der Waals surface area contributed by atoms with Crippen molar-refractivity contribution >= 4 is 16.9 Å². The van der Waals surface area contributed by atoms with Crippen LogP contribution in [0.3, 0.4) is 0 Å². The molecule has 0 radical (unpaired) electrons. The molecule has 0 aliphatic rings. The Morgan fingerprint density at radius 1 is 1.09 bits per heavy atom. The highest BCUT2D eigenvalue weighted by molar-refractivity contribution is 5.95. The smallest absolute Gasteiger partial charge is 0.251 e. The van der Waals surface area contributed by atoms with E-state index in [1.807, 2.05) is 6.07 Å². The summed E-state index contributed by atoms with van der Waals surface area (Å²) < 4.78 is 18.3. The van der Waals surface area contributed by atoms with Crippen molar-refractivity contribution in [2.75, 3.05) is 27.9 Å². The molecule has 1 heterocycles. The SMILES string of the molecule is CCC(C)Cn1c(CCCNC(=O)c2cc(OC)c(OC)c(OC)c2)nc2ccccc21. The number of hydrogen-bond donors (Lipinski definition) is 1. The van der Waals surface area contributed by atoms with E-state index in [2.05, 4.69) is 41.9 Å². The second kappa shape index (κ2) is 10.9. The maximum atomic E-state index is 12.7. The number of ether oxygens (including phenoxy) is 3. The molecule has 2 aromatic carbocycles. The summed E-state index contributed by atoms with van der Waals surface area (Å²) in [5.74, 6) is 2.83. The number of imidazole rings is 1. The van der Waals surface area contributed by atoms with Gasteiger partial charge in [-0.25, -0.2) is 4.98 Å². The minimum Gasteiger partial charge on any atom is -0.493 e. The molecule has 1 N–H and O–H groups in total. The molecule has 0 fully saturated rings. The number of carbonyl (C=O) groups is 1. The summed E-state index contributed by atoms with van der Waals surface area (Å²) in [5.41, 5.74) is 2.65. The van der Waals surface area contributed by atoms with Crippen LogP contribution in [0.1, 0.15) is 42.9 Å². The van der Waals surface area contributed by atoms with Gasteiger partial charge in [-0.05, 0) is 36.6 Å². The Hall–Kier alpha value is -3.22. The van der Waals surface area contributed by atoms with Gasteiger partial charge in [-0.1, -0.05) is 32.4 Å². The molecule has 0 saturated heterocycles. The number of para-hydroxylation sites is 2. The van der Waals surface area contributed by atoms with E-state index in [1.54, 1.807) is 12.1 Å². The van der Waals surface area contributed by atoms with Crippen molar-refractivity contribution in [2.45, 2.75) is 39.7 Å². The van der Waals surface area contributed by atoms with Gasteiger partial charge in [0, 0.05) is 25.1 Å². The van der Waals surface area contributed by atoms with Crippen LogP contribution >= 0.6 is 0 Å². The summed E-state index contributed by atoms with van der Waals surface area (Å²) in [6.07, 6.45) is 2.71. The van der Waals surface area contributed by atoms with Crippen molar-refractivity contribution in [3.63, 3.8) is 0 Å². The third-order valence-electron chi connectivity index (χ3n) is 5.71. The van der Waals surface area contributed by atoms with Crippen LogP contribution in [0.5, 0.6) is 17.2 Å². The van der Waals surface area contributed by atoms with Crippen LogP contribution in [0, 0.1) is 5.92 Å². The van der Waals surface area contributed by atoms with Gasteiger partial charge in [0.15, 0.2) is 11.5 Å². The predicted molar refractivity (Wildman–Crippen MR) is 126 cm³/mol. The molecular weight excluding hydrogens is 406 g/mol. The molecule has 3 rings (SSSR count). The maximum absolute atomic E-state index is 12.7. The Balaban J connectivity index is 1.66. The van der Waals surface area contributed by atoms with E-state index in [0.29, 0.717) is 35.3 Å². The first-order chi connectivity index (χ1) is 15.5. The Labute approximate surface area is 189 Å². The lowest BCUT2D eigenvalue weighted by atomic mass is 10.1. The molecule has 1 atom stereocenters. The quantitative estimate of drug-likeness (QED) is 0.446. The molecule has 7 nitrogen and oxygen atoms in total. The zero-order valence-corrected chi connectivity index (χ0v) is 19.6. The second-order valence-electron chi connectivity index (χ2n) is 7.91. The molecule has 1 unspecified atom stereocenters. The summed E-state index contributed by atoms with van der Waals surface area (Å²) in [6.45, 7) is 5.96. The molecular formula is C25H33N3O4. The minimum absolute atomic E-state index is 0.183. The van der Waals surface area contributed by atoms with Gasteiger partial charge in [0.25, 0.3) is 5.91 Å². The minimum atomic E-state index is -0.183. The molecule has 0 bridgehead atoms. The number of fused-ring (bicyclic) bond motifs is 1. The van der Waals surface area contributed by atoms with Gasteiger partial charge in [0.1, 0.15) is 5.82 Å². The molecule has 0 aliphatic heterocycles. The van der Waals surface area contributed by atoms with Crippen molar-refractivity contribution in [3.05, 3.63) is 47.8 Å². The van der Waals surface area contributed by atoms with Crippen molar-refractivity contribution < 1.29 is 19.0 Å². The first-order valence-corrected chi connectivity index (χ1v) is 11.0. The number of nitrogens with zero attached hydrogens (tertiary/aromatic N) is 2. The average molecular weight is 440 g/mol. The summed E-state index contributed by atoms with van der Waals surface area (Å²) in [4.78, 5) is 17.5. The van der Waals surface area contributed by atoms with Crippen molar-refractivity contribution in [1.82, 2.24) is 14.9 Å². The van der Waals surface area contributed by atoms with Crippen LogP contribution < -0.4 is 19.5 Å². The van der Waals surface area contributed by atoms with Crippen LogP contribution in [0.15, 0.2) is 36.4 Å². The normalized spacial score (nSPS) is 11.9. The zero-order chi connectivity index (χ0) is 23.1. The van der Waals surface area contributed by atoms with Crippen LogP contribution in [0.4, 0.5) is 0 Å². The van der Waals surface area contributed by atoms with E-state index in [9.17, 15) is 4.79 Å². The number of aryl methyl sites for hydroxylation is 1. The zero-order valence-electron chi connectivity index (χ0n) is 19.6. The third-order valence-corrected chi connectivity index (χ3v) is 5.71. The van der Waals surface area contributed by atoms with Crippen molar-refractivity contribution in [3.8, 4) is 17.2 Å². The van der Waals surface area contributed by atoms with Crippen LogP contribution in [-0.4, -0.2) is 43.3 Å². The van der Waals surface area contributed by atoms with Gasteiger partial charge in [0.05, 0.1) is 32.4 Å². The van der Waals surface area contributed by atoms with E-state index in [0.717, 1.165) is 37.1 Å². The highest BCUT2D eigenvalue weighted by Gasteiger charge is 2.17. The second-order valence-corrected chi connectivity index (χ2v) is 7.91. The molecule has 172 valence electrons. The molecule has 1 amide bonds. The lowest BCUT2D eigenvalue weighted by molar-refractivity contribution is 0.0952. The van der Waals surface area contributed by atoms with Gasteiger partial charge in [-0.2, -0.15) is 0 Å². The Morgan fingerprint density at radius 3 is 2.41 bits per heavy atom. The standard InChI is InChI=1S/C25H33N3O4/c1-6-17(2)16-28-20-11-8-7-10-19(20)27-23(28)12-9-13-26-25(29)18-14-21(30-3)24(32-5)22(15-18)31-4/h7-8,10-11,14-15,17H,6,9,12-13,16H2,1-5H3,(H,26,29). The molecule has 0 saturated carbocycles. The van der Waals surface area contributed by atoms with Gasteiger partial charge in [-0.3, -0.25) is 4.79 Å². The highest BCUT2D eigenvalue weighted by atomic mass is 16.5. The van der Waals surface area contributed by atoms with Crippen LogP contribution in [0.25, 0.3) is 11.0 Å². The van der Waals surface area contributed by atoms with E-state index in [4.69, 9.17) is 19.2 Å². The van der Waals surface area contributed by atoms with Gasteiger partial charge in [0.2, 0.25) is 5.75 Å². The summed E-state index contributed by atoms with van der Waals surface area (Å²) in [6, 6.07) is 11.6. The van der Waals surface area contributed by atoms with Gasteiger partial charge < -0.3 is 24.1 Å². The lowest BCUT2D eigenvalue weighted by Gasteiger charge is -2.15. The van der Waals surface area contributed by atoms with Crippen LogP contribution in [-0.2, 0) is 13.0 Å². The fourth-order valence-electron chi connectivity index (χ4n) is 3.72. The van der Waals surface area contributed by atoms with Gasteiger partial charge >= 0.3 is 0 Å². The van der Waals surface area contributed by atoms with E-state index < -0.39 is 0 Å². The molecule has 7 heteroatoms. The summed E-state index contributed by atoms with van der Waals surface area (Å²) in [5, 5.41) is 2.99. The number of methoxy groups -OCH3 is 3. The first kappa shape index (κ1) is 23.4. The topological polar surface area (TPSA) is 74.6 Å². The van der Waals surface area contributed by atoms with E-state index in [-0.39, 0.29) is 5.91 Å². The largest absolute Gasteiger partial charge is 0.493 e. The number of hydrogen-bond acceptors (Lipinski definition) is 5. The van der Waals surface area contributed by atoms with Crippen molar-refractivity contribution in [2.24, 2.45) is 5.92 Å². The van der Waals surface area contributed by atoms with E-state index >= 15 is 0 Å². The fraction of sp³-hybridized carbons (Fsp3) is 0.440. The predicted octanol–water partition coefficient (Wildman–Crippen LogP) is 4.47. The molecule has 32 heavy (non-hydrogen) atoms. The van der Waals surface area contributed by atoms with Gasteiger partial charge in [-0.15, -0.1) is 0 Å². The van der Waals surface area contributed by atoms with E-state index in [1.165, 1.54) is 26.8 Å². The number of aromatic nitrogens is 2. The number of rotatable bonds is 11. The number of nitrogens with one attached hydrogen (secondary N) is 1. The third kappa shape index (κ3) is 5.15. The molecule has 1 aromatic heterocycles. The number of benzene rings is 2. The number of carbonyl (C=O) groups excluding carboxylic acids is 1. The average Bonchev–Trinajstić information content (AvgIpc) is 3.17. The monoisotopic (exact) mass is 439 g/mol. The highest BCUT2D eigenvalue weighted by Crippen LogP contribution is 2.38. The van der Waals surface area contributed by atoms with Crippen LogP contribution in [0.2, 0.25) is 0 Å². The fourth-order valence-corrected chi connectivity index (χ4v) is 3.72. The maximum Gasteiger partial charge on any atom is 0.251 e. The summed E-state index contributed by atoms with van der Waals surface area (Å²) >= 11 is 0. The Bertz CT molecular complexity index is 1040. The first-order valence-electron chi connectivity index (χ1n) is 11.0. The Morgan fingerprint density at radius 2 is 1.78 bits per heavy atom. The summed E-state index contributed by atoms with van der Waals surface area (Å²) in [7, 11) is 4.60. The molecule has 3 aromatic rings. The lowest BCUT2D eigenvalue weighted by Crippen LogP contribution is -2.25.